The molecule has 6 nitrogen and oxygen atoms in total. The summed E-state index contributed by atoms with van der Waals surface area (Å²) >= 11 is 0. The van der Waals surface area contributed by atoms with Gasteiger partial charge in [0.15, 0.2) is 0 Å². The van der Waals surface area contributed by atoms with Gasteiger partial charge in [0.05, 0.1) is 17.9 Å². The lowest BCUT2D eigenvalue weighted by atomic mass is 10.0. The Labute approximate surface area is 173 Å². The lowest BCUT2D eigenvalue weighted by molar-refractivity contribution is 0.0942. The highest BCUT2D eigenvalue weighted by Crippen LogP contribution is 2.26. The summed E-state index contributed by atoms with van der Waals surface area (Å²) in [4.78, 5) is 15.4. The third kappa shape index (κ3) is 4.99. The Balaban J connectivity index is 1.69. The van der Waals surface area contributed by atoms with E-state index in [0.29, 0.717) is 36.2 Å². The lowest BCUT2D eigenvalue weighted by Gasteiger charge is -2.33. The number of hydrogen-bond acceptors (Lipinski definition) is 4. The number of nitrogens with zero attached hydrogens (tertiary/aromatic N) is 3. The number of rotatable bonds is 8. The van der Waals surface area contributed by atoms with Crippen molar-refractivity contribution in [2.24, 2.45) is 0 Å². The number of piperidine rings is 1. The van der Waals surface area contributed by atoms with Crippen molar-refractivity contribution in [3.63, 3.8) is 0 Å². The normalized spacial score (nSPS) is 16.9. The smallest absolute Gasteiger partial charge is 0.269 e. The molecule has 1 saturated heterocycles. The van der Waals surface area contributed by atoms with Crippen molar-refractivity contribution in [1.29, 1.82) is 5.26 Å². The molecule has 154 valence electrons. The summed E-state index contributed by atoms with van der Waals surface area (Å²) in [7, 11) is 0. The summed E-state index contributed by atoms with van der Waals surface area (Å²) in [5.41, 5.74) is 1.47. The molecule has 1 unspecified atom stereocenters. The van der Waals surface area contributed by atoms with Gasteiger partial charge >= 0.3 is 0 Å². The maximum atomic E-state index is 12.9. The maximum Gasteiger partial charge on any atom is 0.269 e. The number of hydrogen-bond donors (Lipinski definition) is 1. The van der Waals surface area contributed by atoms with E-state index in [2.05, 4.69) is 23.2 Å². The molecule has 1 amide bonds. The van der Waals surface area contributed by atoms with Crippen molar-refractivity contribution in [1.82, 2.24) is 14.8 Å². The van der Waals surface area contributed by atoms with Crippen LogP contribution in [-0.2, 0) is 0 Å². The van der Waals surface area contributed by atoms with Gasteiger partial charge in [-0.25, -0.2) is 0 Å². The Hall–Kier alpha value is -2.78. The average molecular weight is 395 g/mol. The lowest BCUT2D eigenvalue weighted by Crippen LogP contribution is -2.39. The Morgan fingerprint density at radius 2 is 2.14 bits per heavy atom. The quantitative estimate of drug-likeness (QED) is 0.693. The fraction of sp³-hybridized carbons (Fsp3) is 0.478. The van der Waals surface area contributed by atoms with E-state index in [1.54, 1.807) is 16.8 Å². The van der Waals surface area contributed by atoms with E-state index in [1.165, 1.54) is 19.3 Å². The van der Waals surface area contributed by atoms with Crippen LogP contribution in [-0.4, -0.2) is 47.7 Å². The largest absolute Gasteiger partial charge is 0.492 e. The second-order valence-corrected chi connectivity index (χ2v) is 7.45. The van der Waals surface area contributed by atoms with E-state index in [-0.39, 0.29) is 5.91 Å². The van der Waals surface area contributed by atoms with E-state index in [1.807, 2.05) is 31.2 Å². The van der Waals surface area contributed by atoms with Crippen molar-refractivity contribution < 1.29 is 9.53 Å². The number of likely N-dealkylation sites (tertiary alicyclic amines) is 1. The first-order valence-corrected chi connectivity index (χ1v) is 10.5. The number of benzene rings is 1. The summed E-state index contributed by atoms with van der Waals surface area (Å²) in [6.07, 6.45) is 6.47. The molecule has 1 aliphatic rings. The number of carbonyl (C=O) groups is 1. The Bertz CT molecular complexity index is 868. The van der Waals surface area contributed by atoms with E-state index in [4.69, 9.17) is 4.74 Å². The fourth-order valence-electron chi connectivity index (χ4n) is 3.95. The summed E-state index contributed by atoms with van der Waals surface area (Å²) < 4.78 is 7.45. The standard InChI is InChI=1S/C23H30N4O2/c1-3-29-21-11-5-4-10-20(21)27-16-12-19(17-24)22(27)23(28)25-13-8-15-26-14-7-6-9-18(26)2/h4-5,10-12,16,18H,3,6-9,13-15H2,1-2H3,(H,25,28). The molecule has 6 heteroatoms. The van der Waals surface area contributed by atoms with Crippen LogP contribution in [0.15, 0.2) is 36.5 Å². The van der Waals surface area contributed by atoms with E-state index < -0.39 is 0 Å². The summed E-state index contributed by atoms with van der Waals surface area (Å²) in [5, 5.41) is 12.5. The number of nitriles is 1. The number of ether oxygens (including phenoxy) is 1. The van der Waals surface area contributed by atoms with Crippen molar-refractivity contribution in [2.75, 3.05) is 26.2 Å². The van der Waals surface area contributed by atoms with E-state index >= 15 is 0 Å². The van der Waals surface area contributed by atoms with Crippen LogP contribution in [0.25, 0.3) is 5.69 Å². The minimum Gasteiger partial charge on any atom is -0.492 e. The Morgan fingerprint density at radius 1 is 1.31 bits per heavy atom. The van der Waals surface area contributed by atoms with Gasteiger partial charge < -0.3 is 19.5 Å². The molecule has 1 aromatic carbocycles. The molecule has 1 atom stereocenters. The molecule has 2 aromatic rings. The first kappa shape index (κ1) is 20.9. The van der Waals surface area contributed by atoms with Crippen LogP contribution in [0.2, 0.25) is 0 Å². The monoisotopic (exact) mass is 394 g/mol. The van der Waals surface area contributed by atoms with Gasteiger partial charge in [0.1, 0.15) is 17.5 Å². The van der Waals surface area contributed by atoms with Crippen LogP contribution >= 0.6 is 0 Å². The van der Waals surface area contributed by atoms with Crippen LogP contribution in [0.5, 0.6) is 5.75 Å². The zero-order valence-corrected chi connectivity index (χ0v) is 17.4. The van der Waals surface area contributed by atoms with Gasteiger partial charge in [-0.1, -0.05) is 18.6 Å². The van der Waals surface area contributed by atoms with Gasteiger partial charge in [-0.3, -0.25) is 4.79 Å². The molecular weight excluding hydrogens is 364 g/mol. The second-order valence-electron chi connectivity index (χ2n) is 7.45. The van der Waals surface area contributed by atoms with E-state index in [0.717, 1.165) is 25.2 Å². The zero-order valence-electron chi connectivity index (χ0n) is 17.4. The Kier molecular flexibility index (Phi) is 7.31. The molecule has 29 heavy (non-hydrogen) atoms. The molecule has 1 aliphatic heterocycles. The van der Waals surface area contributed by atoms with Gasteiger partial charge in [0.25, 0.3) is 5.91 Å². The van der Waals surface area contributed by atoms with Crippen molar-refractivity contribution in [2.45, 2.75) is 45.6 Å². The van der Waals surface area contributed by atoms with Crippen LogP contribution in [0, 0.1) is 11.3 Å². The Morgan fingerprint density at radius 3 is 2.90 bits per heavy atom. The third-order valence-electron chi connectivity index (χ3n) is 5.49. The molecule has 0 aliphatic carbocycles. The first-order valence-electron chi connectivity index (χ1n) is 10.5. The minimum atomic E-state index is -0.232. The molecule has 0 spiro atoms. The van der Waals surface area contributed by atoms with E-state index in [9.17, 15) is 10.1 Å². The molecule has 1 aromatic heterocycles. The molecule has 0 radical (unpaired) electrons. The first-order chi connectivity index (χ1) is 14.2. The van der Waals surface area contributed by atoms with Crippen molar-refractivity contribution in [3.05, 3.63) is 47.8 Å². The topological polar surface area (TPSA) is 70.3 Å². The highest BCUT2D eigenvalue weighted by molar-refractivity contribution is 5.96. The molecule has 3 rings (SSSR count). The predicted molar refractivity (Wildman–Crippen MR) is 113 cm³/mol. The molecule has 2 heterocycles. The van der Waals surface area contributed by atoms with Crippen LogP contribution in [0.3, 0.4) is 0 Å². The highest BCUT2D eigenvalue weighted by Gasteiger charge is 2.21. The van der Waals surface area contributed by atoms with Crippen molar-refractivity contribution >= 4 is 5.91 Å². The minimum absolute atomic E-state index is 0.232. The van der Waals surface area contributed by atoms with Crippen LogP contribution in [0.1, 0.15) is 55.6 Å². The van der Waals surface area contributed by atoms with Gasteiger partial charge in [-0.05, 0) is 57.9 Å². The average Bonchev–Trinajstić information content (AvgIpc) is 3.17. The van der Waals surface area contributed by atoms with Gasteiger partial charge in [-0.2, -0.15) is 5.26 Å². The van der Waals surface area contributed by atoms with Crippen molar-refractivity contribution in [3.8, 4) is 17.5 Å². The third-order valence-corrected chi connectivity index (χ3v) is 5.49. The molecule has 1 N–H and O–H groups in total. The summed E-state index contributed by atoms with van der Waals surface area (Å²) in [6, 6.07) is 12.0. The molecular formula is C23H30N4O2. The second kappa shape index (κ2) is 10.1. The maximum absolute atomic E-state index is 12.9. The number of amides is 1. The number of nitrogens with one attached hydrogen (secondary N) is 1. The fourth-order valence-corrected chi connectivity index (χ4v) is 3.95. The number of para-hydroxylation sites is 2. The highest BCUT2D eigenvalue weighted by atomic mass is 16.5. The van der Waals surface area contributed by atoms with Gasteiger partial charge in [0, 0.05) is 25.3 Å². The van der Waals surface area contributed by atoms with Gasteiger partial charge in [0.2, 0.25) is 0 Å². The van der Waals surface area contributed by atoms with Gasteiger partial charge in [-0.15, -0.1) is 0 Å². The predicted octanol–water partition coefficient (Wildman–Crippen LogP) is 3.74. The SMILES string of the molecule is CCOc1ccccc1-n1ccc(C#N)c1C(=O)NCCCN1CCCCC1C. The molecule has 1 fully saturated rings. The number of carbonyl (C=O) groups excluding carboxylic acids is 1. The zero-order chi connectivity index (χ0) is 20.6. The number of aromatic nitrogens is 1. The summed E-state index contributed by atoms with van der Waals surface area (Å²) in [6.45, 7) is 7.44. The molecule has 0 bridgehead atoms. The van der Waals surface area contributed by atoms with Crippen LogP contribution in [0.4, 0.5) is 0 Å². The molecule has 0 saturated carbocycles. The summed E-state index contributed by atoms with van der Waals surface area (Å²) in [5.74, 6) is 0.452. The van der Waals surface area contributed by atoms with Crippen LogP contribution < -0.4 is 10.1 Å².